The van der Waals surface area contributed by atoms with Gasteiger partial charge in [-0.3, -0.25) is 0 Å². The Balaban J connectivity index is 1.91. The van der Waals surface area contributed by atoms with Crippen LogP contribution in [0.2, 0.25) is 5.02 Å². The molecule has 2 aromatic carbocycles. The Hall–Kier alpha value is -1.95. The van der Waals surface area contributed by atoms with E-state index in [0.29, 0.717) is 22.0 Å². The highest BCUT2D eigenvalue weighted by atomic mass is 35.5. The summed E-state index contributed by atoms with van der Waals surface area (Å²) in [6.07, 6.45) is 1.54. The van der Waals surface area contributed by atoms with Crippen molar-refractivity contribution in [3.8, 4) is 11.3 Å². The molecule has 3 aromatic rings. The molecule has 0 amide bonds. The lowest BCUT2D eigenvalue weighted by Crippen LogP contribution is -2.16. The van der Waals surface area contributed by atoms with Gasteiger partial charge in [-0.15, -0.1) is 0 Å². The Morgan fingerprint density at radius 1 is 1.08 bits per heavy atom. The van der Waals surface area contributed by atoms with Gasteiger partial charge in [0.15, 0.2) is 12.2 Å². The Morgan fingerprint density at radius 3 is 2.38 bits per heavy atom. The van der Waals surface area contributed by atoms with E-state index in [9.17, 15) is 8.78 Å². The van der Waals surface area contributed by atoms with Crippen LogP contribution < -0.4 is 4.84 Å². The van der Waals surface area contributed by atoms with Crippen LogP contribution in [0.4, 0.5) is 8.78 Å². The molecule has 0 spiro atoms. The molecule has 124 valence electrons. The van der Waals surface area contributed by atoms with E-state index in [1.54, 1.807) is 24.3 Å². The highest BCUT2D eigenvalue weighted by molar-refractivity contribution is 6.30. The minimum absolute atomic E-state index is 0.241. The van der Waals surface area contributed by atoms with E-state index in [0.717, 1.165) is 11.6 Å². The van der Waals surface area contributed by atoms with E-state index in [2.05, 4.69) is 9.82 Å². The van der Waals surface area contributed by atoms with Gasteiger partial charge in [-0.25, -0.2) is 18.6 Å². The summed E-state index contributed by atoms with van der Waals surface area (Å²) in [6.45, 7) is 0. The molecule has 0 aliphatic heterocycles. The third-order valence-corrected chi connectivity index (χ3v) is 4.04. The van der Waals surface area contributed by atoms with Gasteiger partial charge >= 0.3 is 0 Å². The van der Waals surface area contributed by atoms with Crippen molar-refractivity contribution in [2.75, 3.05) is 0 Å². The van der Waals surface area contributed by atoms with Gasteiger partial charge in [0.25, 0.3) is 0 Å². The normalized spacial score (nSPS) is 12.3. The minimum atomic E-state index is -0.642. The summed E-state index contributed by atoms with van der Waals surface area (Å²) in [5.74, 6) is -0.769. The van der Waals surface area contributed by atoms with Crippen molar-refractivity contribution in [3.05, 3.63) is 76.8 Å². The molecule has 1 heterocycles. The molecule has 0 aliphatic rings. The Morgan fingerprint density at radius 2 is 1.75 bits per heavy atom. The lowest BCUT2D eigenvalue weighted by molar-refractivity contribution is 0.563. The standard InChI is InChI=1S/C17H12Cl2F2N2O/c18-12-3-1-11(2-4-12)17-16(22-9-24-17)15(23-19)7-10-5-13(20)8-14(21)6-10/h1-6,8-9,15,23H,7H2. The number of hydrogen-bond acceptors (Lipinski definition) is 3. The van der Waals surface area contributed by atoms with E-state index in [-0.39, 0.29) is 6.42 Å². The van der Waals surface area contributed by atoms with Crippen LogP contribution in [0, 0.1) is 11.6 Å². The molecular formula is C17H12Cl2F2N2O. The Bertz CT molecular complexity index is 817. The monoisotopic (exact) mass is 368 g/mol. The van der Waals surface area contributed by atoms with E-state index in [4.69, 9.17) is 27.8 Å². The summed E-state index contributed by atoms with van der Waals surface area (Å²) >= 11 is 11.7. The second-order valence-electron chi connectivity index (χ2n) is 5.22. The molecular weight excluding hydrogens is 357 g/mol. The van der Waals surface area contributed by atoms with Crippen LogP contribution in [0.25, 0.3) is 11.3 Å². The molecule has 1 aromatic heterocycles. The number of nitrogens with one attached hydrogen (secondary N) is 1. The van der Waals surface area contributed by atoms with Crippen molar-refractivity contribution < 1.29 is 13.2 Å². The SMILES string of the molecule is Fc1cc(F)cc(CC(NCl)c2ncoc2-c2ccc(Cl)cc2)c1. The number of halogens is 4. The van der Waals surface area contributed by atoms with E-state index >= 15 is 0 Å². The predicted octanol–water partition coefficient (Wildman–Crippen LogP) is 5.30. The molecule has 3 nitrogen and oxygen atoms in total. The first-order chi connectivity index (χ1) is 11.6. The molecule has 1 N–H and O–H groups in total. The number of nitrogens with zero attached hydrogens (tertiary/aromatic N) is 1. The van der Waals surface area contributed by atoms with Gasteiger partial charge in [0.05, 0.1) is 6.04 Å². The molecule has 0 saturated carbocycles. The van der Waals surface area contributed by atoms with E-state index in [1.165, 1.54) is 18.5 Å². The maximum atomic E-state index is 13.4. The smallest absolute Gasteiger partial charge is 0.181 e. The predicted molar refractivity (Wildman–Crippen MR) is 88.7 cm³/mol. The molecule has 3 rings (SSSR count). The summed E-state index contributed by atoms with van der Waals surface area (Å²) in [6, 6.07) is 9.89. The zero-order valence-electron chi connectivity index (χ0n) is 12.3. The molecule has 0 aliphatic carbocycles. The quantitative estimate of drug-likeness (QED) is 0.620. The number of aromatic nitrogens is 1. The zero-order valence-corrected chi connectivity index (χ0v) is 13.8. The fourth-order valence-corrected chi connectivity index (χ4v) is 2.78. The maximum absolute atomic E-state index is 13.4. The summed E-state index contributed by atoms with van der Waals surface area (Å²) in [5.41, 5.74) is 1.77. The third kappa shape index (κ3) is 3.75. The van der Waals surface area contributed by atoms with Crippen LogP contribution in [-0.2, 0) is 6.42 Å². The average Bonchev–Trinajstić information content (AvgIpc) is 3.02. The van der Waals surface area contributed by atoms with Crippen LogP contribution in [0.3, 0.4) is 0 Å². The Labute approximate surface area is 147 Å². The highest BCUT2D eigenvalue weighted by Crippen LogP contribution is 2.30. The number of benzene rings is 2. The van der Waals surface area contributed by atoms with Crippen molar-refractivity contribution >= 4 is 23.4 Å². The van der Waals surface area contributed by atoms with Gasteiger partial charge in [-0.2, -0.15) is 0 Å². The molecule has 1 atom stereocenters. The van der Waals surface area contributed by atoms with Crippen molar-refractivity contribution in [1.82, 2.24) is 9.82 Å². The molecule has 0 bridgehead atoms. The third-order valence-electron chi connectivity index (χ3n) is 3.53. The highest BCUT2D eigenvalue weighted by Gasteiger charge is 2.21. The fraction of sp³-hybridized carbons (Fsp3) is 0.118. The lowest BCUT2D eigenvalue weighted by atomic mass is 10.0. The lowest BCUT2D eigenvalue weighted by Gasteiger charge is -2.14. The van der Waals surface area contributed by atoms with Gasteiger partial charge in [0, 0.05) is 16.7 Å². The molecule has 7 heteroatoms. The van der Waals surface area contributed by atoms with Crippen LogP contribution in [-0.4, -0.2) is 4.98 Å². The van der Waals surface area contributed by atoms with Gasteiger partial charge in [0.2, 0.25) is 0 Å². The van der Waals surface area contributed by atoms with Gasteiger partial charge in [-0.05, 0) is 60.2 Å². The van der Waals surface area contributed by atoms with Gasteiger partial charge < -0.3 is 4.42 Å². The van der Waals surface area contributed by atoms with E-state index in [1.807, 2.05) is 0 Å². The van der Waals surface area contributed by atoms with Crippen molar-refractivity contribution in [1.29, 1.82) is 0 Å². The first-order valence-electron chi connectivity index (χ1n) is 7.07. The Kier molecular flexibility index (Phi) is 5.14. The van der Waals surface area contributed by atoms with Crippen LogP contribution in [0.5, 0.6) is 0 Å². The second kappa shape index (κ2) is 7.30. The average molecular weight is 369 g/mol. The first-order valence-corrected chi connectivity index (χ1v) is 7.83. The summed E-state index contributed by atoms with van der Waals surface area (Å²) in [7, 11) is 0. The maximum Gasteiger partial charge on any atom is 0.181 e. The molecule has 1 unspecified atom stereocenters. The fourth-order valence-electron chi connectivity index (χ4n) is 2.47. The van der Waals surface area contributed by atoms with Crippen molar-refractivity contribution in [2.24, 2.45) is 0 Å². The van der Waals surface area contributed by atoms with Gasteiger partial charge in [0.1, 0.15) is 17.3 Å². The number of hydrogen-bond donors (Lipinski definition) is 1. The second-order valence-corrected chi connectivity index (χ2v) is 5.87. The largest absolute Gasteiger partial charge is 0.443 e. The molecule has 0 radical (unpaired) electrons. The van der Waals surface area contributed by atoms with Crippen LogP contribution in [0.15, 0.2) is 53.3 Å². The summed E-state index contributed by atoms with van der Waals surface area (Å²) < 4.78 is 32.2. The van der Waals surface area contributed by atoms with Crippen molar-refractivity contribution in [2.45, 2.75) is 12.5 Å². The molecule has 0 saturated heterocycles. The molecule has 0 fully saturated rings. The summed E-state index contributed by atoms with van der Waals surface area (Å²) in [5, 5.41) is 0.599. The van der Waals surface area contributed by atoms with Gasteiger partial charge in [-0.1, -0.05) is 11.6 Å². The van der Waals surface area contributed by atoms with Crippen molar-refractivity contribution in [3.63, 3.8) is 0 Å². The first kappa shape index (κ1) is 16.9. The van der Waals surface area contributed by atoms with Crippen LogP contribution >= 0.6 is 23.4 Å². The molecule has 24 heavy (non-hydrogen) atoms. The topological polar surface area (TPSA) is 38.1 Å². The minimum Gasteiger partial charge on any atom is -0.443 e. The number of oxazole rings is 1. The zero-order chi connectivity index (χ0) is 17.1. The number of rotatable bonds is 5. The van der Waals surface area contributed by atoms with E-state index < -0.39 is 17.7 Å². The summed E-state index contributed by atoms with van der Waals surface area (Å²) in [4.78, 5) is 6.79. The van der Waals surface area contributed by atoms with Crippen LogP contribution in [0.1, 0.15) is 17.3 Å².